The van der Waals surface area contributed by atoms with Gasteiger partial charge in [0.2, 0.25) is 0 Å². The third-order valence-corrected chi connectivity index (χ3v) is 3.10. The van der Waals surface area contributed by atoms with Crippen molar-refractivity contribution < 1.29 is 14.6 Å². The van der Waals surface area contributed by atoms with Crippen molar-refractivity contribution in [3.63, 3.8) is 0 Å². The topological polar surface area (TPSA) is 67.6 Å². The van der Waals surface area contributed by atoms with Crippen molar-refractivity contribution in [3.05, 3.63) is 17.5 Å². The number of hydrogen-bond donors (Lipinski definition) is 1. The van der Waals surface area contributed by atoms with E-state index in [1.54, 1.807) is 0 Å². The Morgan fingerprint density at radius 3 is 3.11 bits per heavy atom. The summed E-state index contributed by atoms with van der Waals surface area (Å²) in [4.78, 5) is 13.0. The van der Waals surface area contributed by atoms with Crippen LogP contribution < -0.4 is 0 Å². The number of aliphatic carboxylic acids is 1. The average Bonchev–Trinajstić information content (AvgIpc) is 2.69. The van der Waals surface area contributed by atoms with Crippen LogP contribution in [-0.2, 0) is 22.6 Å². The van der Waals surface area contributed by atoms with Crippen LogP contribution in [0.15, 0.2) is 6.07 Å². The van der Waals surface area contributed by atoms with E-state index in [9.17, 15) is 4.79 Å². The number of morpholine rings is 1. The number of aromatic nitrogens is 2. The predicted octanol–water partition coefficient (Wildman–Crippen LogP) is 0.497. The molecule has 0 bridgehead atoms. The van der Waals surface area contributed by atoms with Crippen LogP contribution in [0.4, 0.5) is 0 Å². The Bertz CT molecular complexity index is 430. The van der Waals surface area contributed by atoms with Gasteiger partial charge in [-0.05, 0) is 19.9 Å². The molecule has 1 unspecified atom stereocenters. The van der Waals surface area contributed by atoms with Crippen molar-refractivity contribution in [2.45, 2.75) is 33.0 Å². The molecule has 0 radical (unpaired) electrons. The van der Waals surface area contributed by atoms with Crippen molar-refractivity contribution in [1.82, 2.24) is 14.7 Å². The first-order valence-electron chi connectivity index (χ1n) is 6.20. The third-order valence-electron chi connectivity index (χ3n) is 3.10. The summed E-state index contributed by atoms with van der Waals surface area (Å²) in [6.45, 7) is 7.24. The number of hydrogen-bond acceptors (Lipinski definition) is 4. The van der Waals surface area contributed by atoms with Crippen LogP contribution in [-0.4, -0.2) is 51.6 Å². The van der Waals surface area contributed by atoms with Crippen LogP contribution in [0.1, 0.15) is 18.3 Å². The Kier molecular flexibility index (Phi) is 3.98. The highest BCUT2D eigenvalue weighted by Crippen LogP contribution is 2.12. The van der Waals surface area contributed by atoms with E-state index in [0.717, 1.165) is 31.0 Å². The molecule has 1 aromatic heterocycles. The molecular formula is C12H19N3O3. The molecular weight excluding hydrogens is 234 g/mol. The van der Waals surface area contributed by atoms with Gasteiger partial charge in [0, 0.05) is 26.2 Å². The number of rotatable bonds is 4. The van der Waals surface area contributed by atoms with E-state index in [4.69, 9.17) is 9.84 Å². The zero-order valence-electron chi connectivity index (χ0n) is 10.8. The van der Waals surface area contributed by atoms with Gasteiger partial charge in [0.05, 0.1) is 18.0 Å². The summed E-state index contributed by atoms with van der Waals surface area (Å²) in [7, 11) is 0. The maximum absolute atomic E-state index is 10.9. The molecule has 100 valence electrons. The fourth-order valence-electron chi connectivity index (χ4n) is 2.22. The summed E-state index contributed by atoms with van der Waals surface area (Å²) < 4.78 is 7.16. The quantitative estimate of drug-likeness (QED) is 0.846. The van der Waals surface area contributed by atoms with Crippen LogP contribution in [0.3, 0.4) is 0 Å². The molecule has 1 N–H and O–H groups in total. The normalized spacial score (nSPS) is 21.1. The van der Waals surface area contributed by atoms with Crippen molar-refractivity contribution in [1.29, 1.82) is 0 Å². The lowest BCUT2D eigenvalue weighted by atomic mass is 10.2. The average molecular weight is 253 g/mol. The highest BCUT2D eigenvalue weighted by molar-refractivity contribution is 5.72. The molecule has 0 amide bonds. The number of carbonyl (C=O) groups is 1. The first kappa shape index (κ1) is 13.0. The molecule has 6 nitrogen and oxygen atoms in total. The summed E-state index contributed by atoms with van der Waals surface area (Å²) in [5, 5.41) is 13.3. The minimum absolute atomic E-state index is 0.434. The van der Waals surface area contributed by atoms with E-state index in [2.05, 4.69) is 23.0 Å². The lowest BCUT2D eigenvalue weighted by Gasteiger charge is -2.30. The maximum Gasteiger partial charge on any atom is 0.334 e. The molecule has 2 rings (SSSR count). The molecule has 0 saturated carbocycles. The Morgan fingerprint density at radius 1 is 1.67 bits per heavy atom. The van der Waals surface area contributed by atoms with Gasteiger partial charge >= 0.3 is 5.97 Å². The van der Waals surface area contributed by atoms with E-state index in [0.29, 0.717) is 13.2 Å². The molecule has 2 heterocycles. The van der Waals surface area contributed by atoms with E-state index >= 15 is 0 Å². The summed E-state index contributed by atoms with van der Waals surface area (Å²) in [6, 6.07) is 2.05. The van der Waals surface area contributed by atoms with Gasteiger partial charge in [-0.25, -0.2) is 4.79 Å². The number of aryl methyl sites for hydroxylation is 2. The van der Waals surface area contributed by atoms with Gasteiger partial charge in [-0.2, -0.15) is 5.10 Å². The van der Waals surface area contributed by atoms with Crippen LogP contribution in [0.2, 0.25) is 0 Å². The molecule has 1 fully saturated rings. The zero-order chi connectivity index (χ0) is 13.1. The third kappa shape index (κ3) is 2.88. The summed E-state index contributed by atoms with van der Waals surface area (Å²) in [6.07, 6.45) is -0.710. The van der Waals surface area contributed by atoms with Crippen LogP contribution in [0, 0.1) is 6.92 Å². The predicted molar refractivity (Wildman–Crippen MR) is 65.3 cm³/mol. The van der Waals surface area contributed by atoms with Crippen molar-refractivity contribution in [3.8, 4) is 0 Å². The summed E-state index contributed by atoms with van der Waals surface area (Å²) in [5.74, 6) is -0.889. The Balaban J connectivity index is 2.02. The molecule has 1 aliphatic rings. The van der Waals surface area contributed by atoms with E-state index in [-0.39, 0.29) is 0 Å². The van der Waals surface area contributed by atoms with Crippen LogP contribution in [0.25, 0.3) is 0 Å². The molecule has 18 heavy (non-hydrogen) atoms. The van der Waals surface area contributed by atoms with Gasteiger partial charge < -0.3 is 9.84 Å². The van der Waals surface area contributed by atoms with E-state index < -0.39 is 12.1 Å². The van der Waals surface area contributed by atoms with Gasteiger partial charge in [0.25, 0.3) is 0 Å². The van der Waals surface area contributed by atoms with Crippen LogP contribution >= 0.6 is 0 Å². The molecule has 0 aromatic carbocycles. The van der Waals surface area contributed by atoms with Gasteiger partial charge in [-0.1, -0.05) is 0 Å². The monoisotopic (exact) mass is 253 g/mol. The van der Waals surface area contributed by atoms with Gasteiger partial charge in [-0.3, -0.25) is 9.58 Å². The number of carboxylic acid groups (broad SMARTS) is 1. The highest BCUT2D eigenvalue weighted by atomic mass is 16.5. The molecule has 0 aliphatic carbocycles. The van der Waals surface area contributed by atoms with Crippen LogP contribution in [0.5, 0.6) is 0 Å². The van der Waals surface area contributed by atoms with Gasteiger partial charge in [0.1, 0.15) is 0 Å². The largest absolute Gasteiger partial charge is 0.479 e. The standard InChI is InChI=1S/C12H19N3O3/c1-3-15-10(6-9(2)13-15)7-14-4-5-18-11(8-14)12(16)17/h6,11H,3-5,7-8H2,1-2H3,(H,16,17). The molecule has 6 heteroatoms. The molecule has 1 aromatic rings. The van der Waals surface area contributed by atoms with Gasteiger partial charge in [-0.15, -0.1) is 0 Å². The Hall–Kier alpha value is -1.40. The van der Waals surface area contributed by atoms with Crippen molar-refractivity contribution in [2.75, 3.05) is 19.7 Å². The minimum Gasteiger partial charge on any atom is -0.479 e. The Labute approximate surface area is 106 Å². The first-order valence-corrected chi connectivity index (χ1v) is 6.20. The van der Waals surface area contributed by atoms with E-state index in [1.807, 2.05) is 11.6 Å². The summed E-state index contributed by atoms with van der Waals surface area (Å²) in [5.41, 5.74) is 2.12. The van der Waals surface area contributed by atoms with E-state index in [1.165, 1.54) is 0 Å². The maximum atomic E-state index is 10.9. The zero-order valence-corrected chi connectivity index (χ0v) is 10.8. The van der Waals surface area contributed by atoms with Crippen molar-refractivity contribution >= 4 is 5.97 Å². The van der Waals surface area contributed by atoms with Gasteiger partial charge in [0.15, 0.2) is 6.10 Å². The minimum atomic E-state index is -0.889. The molecule has 1 saturated heterocycles. The fraction of sp³-hybridized carbons (Fsp3) is 0.667. The molecule has 1 atom stereocenters. The lowest BCUT2D eigenvalue weighted by Crippen LogP contribution is -2.45. The second-order valence-corrected chi connectivity index (χ2v) is 4.53. The first-order chi connectivity index (χ1) is 8.60. The number of nitrogens with zero attached hydrogens (tertiary/aromatic N) is 3. The SMILES string of the molecule is CCn1nc(C)cc1CN1CCOC(C(=O)O)C1. The fourth-order valence-corrected chi connectivity index (χ4v) is 2.22. The lowest BCUT2D eigenvalue weighted by molar-refractivity contribution is -0.156. The Morgan fingerprint density at radius 2 is 2.44 bits per heavy atom. The van der Waals surface area contributed by atoms with Crippen molar-refractivity contribution in [2.24, 2.45) is 0 Å². The highest BCUT2D eigenvalue weighted by Gasteiger charge is 2.26. The second kappa shape index (κ2) is 5.49. The second-order valence-electron chi connectivity index (χ2n) is 4.53. The smallest absolute Gasteiger partial charge is 0.334 e. The molecule has 0 spiro atoms. The number of carboxylic acids is 1. The number of ether oxygens (including phenoxy) is 1. The molecule has 1 aliphatic heterocycles. The summed E-state index contributed by atoms with van der Waals surface area (Å²) >= 11 is 0.